The van der Waals surface area contributed by atoms with Gasteiger partial charge in [0.15, 0.2) is 0 Å². The van der Waals surface area contributed by atoms with Crippen LogP contribution in [-0.4, -0.2) is 31.3 Å². The molecule has 0 heterocycles. The summed E-state index contributed by atoms with van der Waals surface area (Å²) in [5.41, 5.74) is 0. The van der Waals surface area contributed by atoms with Crippen LogP contribution in [-0.2, 0) is 4.74 Å². The molecule has 0 saturated heterocycles. The third-order valence-corrected chi connectivity index (χ3v) is 1.95. The maximum Gasteiger partial charge on any atom is 0.407 e. The molecule has 0 aliphatic carbocycles. The van der Waals surface area contributed by atoms with E-state index in [0.29, 0.717) is 0 Å². The molecule has 0 aromatic rings. The molecule has 11 heavy (non-hydrogen) atoms. The summed E-state index contributed by atoms with van der Waals surface area (Å²) in [7, 11) is 1.37. The number of ether oxygens (including phenoxy) is 1. The number of nitrogens with one attached hydrogen (secondary N) is 1. The lowest BCUT2D eigenvalue weighted by Crippen LogP contribution is -2.32. The largest absolute Gasteiger partial charge is 0.453 e. The van der Waals surface area contributed by atoms with E-state index in [4.69, 9.17) is 0 Å². The minimum Gasteiger partial charge on any atom is -0.453 e. The first kappa shape index (κ1) is 10.6. The van der Waals surface area contributed by atoms with E-state index in [9.17, 15) is 4.79 Å². The zero-order valence-corrected chi connectivity index (χ0v) is 8.03. The van der Waals surface area contributed by atoms with Crippen molar-refractivity contribution in [2.75, 3.05) is 19.1 Å². The van der Waals surface area contributed by atoms with Crippen molar-refractivity contribution in [1.82, 2.24) is 5.32 Å². The maximum absolute atomic E-state index is 10.6. The Hall–Kier alpha value is -0.380. The topological polar surface area (TPSA) is 38.3 Å². The van der Waals surface area contributed by atoms with Crippen molar-refractivity contribution in [3.8, 4) is 0 Å². The van der Waals surface area contributed by atoms with Gasteiger partial charge in [-0.15, -0.1) is 0 Å². The molecular weight excluding hydrogens is 162 g/mol. The van der Waals surface area contributed by atoms with E-state index in [1.807, 2.05) is 13.2 Å². The first-order valence-corrected chi connectivity index (χ1v) is 4.93. The molecule has 0 spiro atoms. The van der Waals surface area contributed by atoms with Crippen molar-refractivity contribution in [2.45, 2.75) is 19.4 Å². The van der Waals surface area contributed by atoms with Gasteiger partial charge in [0.1, 0.15) is 0 Å². The molecule has 4 heteroatoms. The monoisotopic (exact) mass is 177 g/mol. The highest BCUT2D eigenvalue weighted by atomic mass is 32.2. The molecule has 3 nitrogen and oxygen atoms in total. The molecule has 0 fully saturated rings. The number of hydrogen-bond donors (Lipinski definition) is 1. The smallest absolute Gasteiger partial charge is 0.407 e. The fraction of sp³-hybridized carbons (Fsp3) is 0.857. The quantitative estimate of drug-likeness (QED) is 0.707. The lowest BCUT2D eigenvalue weighted by atomic mass is 10.3. The minimum absolute atomic E-state index is 0.204. The van der Waals surface area contributed by atoms with Crippen LogP contribution < -0.4 is 5.32 Å². The van der Waals surface area contributed by atoms with E-state index in [2.05, 4.69) is 10.1 Å². The molecule has 1 N–H and O–H groups in total. The van der Waals surface area contributed by atoms with Gasteiger partial charge in [-0.05, 0) is 25.4 Å². The molecule has 0 saturated carbocycles. The fourth-order valence-corrected chi connectivity index (χ4v) is 1.22. The number of methoxy groups -OCH3 is 1. The number of thioether (sulfide) groups is 1. The maximum atomic E-state index is 10.6. The Labute approximate surface area is 71.9 Å². The van der Waals surface area contributed by atoms with Crippen LogP contribution in [0.4, 0.5) is 4.79 Å². The third-order valence-electron chi connectivity index (χ3n) is 1.30. The number of carbonyl (C=O) groups is 1. The Morgan fingerprint density at radius 1 is 1.73 bits per heavy atom. The number of carbonyl (C=O) groups excluding carboxylic acids is 1. The van der Waals surface area contributed by atoms with Crippen molar-refractivity contribution in [2.24, 2.45) is 0 Å². The summed E-state index contributed by atoms with van der Waals surface area (Å²) in [6, 6.07) is 0.204. The molecule has 0 aliphatic rings. The number of hydrogen-bond acceptors (Lipinski definition) is 3. The van der Waals surface area contributed by atoms with E-state index in [-0.39, 0.29) is 12.1 Å². The summed E-state index contributed by atoms with van der Waals surface area (Å²) in [6.07, 6.45) is 2.68. The van der Waals surface area contributed by atoms with E-state index in [0.717, 1.165) is 12.2 Å². The van der Waals surface area contributed by atoms with Gasteiger partial charge in [0.25, 0.3) is 0 Å². The lowest BCUT2D eigenvalue weighted by Gasteiger charge is -2.11. The first-order valence-electron chi connectivity index (χ1n) is 3.54. The Bertz CT molecular complexity index is 119. The Morgan fingerprint density at radius 2 is 2.36 bits per heavy atom. The molecule has 0 radical (unpaired) electrons. The van der Waals surface area contributed by atoms with Gasteiger partial charge >= 0.3 is 6.09 Å². The van der Waals surface area contributed by atoms with Crippen molar-refractivity contribution < 1.29 is 9.53 Å². The summed E-state index contributed by atoms with van der Waals surface area (Å²) in [5, 5.41) is 2.69. The molecule has 0 aliphatic heterocycles. The summed E-state index contributed by atoms with van der Waals surface area (Å²) >= 11 is 1.77. The van der Waals surface area contributed by atoms with Gasteiger partial charge in [-0.3, -0.25) is 0 Å². The normalized spacial score (nSPS) is 12.3. The second-order valence-corrected chi connectivity index (χ2v) is 3.30. The predicted octanol–water partition coefficient (Wildman–Crippen LogP) is 1.48. The Morgan fingerprint density at radius 3 is 2.82 bits per heavy atom. The van der Waals surface area contributed by atoms with Crippen LogP contribution in [0.15, 0.2) is 0 Å². The SMILES string of the molecule is COC(=O)NC(C)CCSC. The second kappa shape index (κ2) is 6.34. The molecule has 0 aromatic carbocycles. The summed E-state index contributed by atoms with van der Waals surface area (Å²) in [4.78, 5) is 10.6. The van der Waals surface area contributed by atoms with Gasteiger partial charge in [-0.25, -0.2) is 4.79 Å². The number of rotatable bonds is 4. The first-order chi connectivity index (χ1) is 5.20. The summed E-state index contributed by atoms with van der Waals surface area (Å²) in [5.74, 6) is 1.06. The molecule has 0 aromatic heterocycles. The highest BCUT2D eigenvalue weighted by molar-refractivity contribution is 7.98. The van der Waals surface area contributed by atoms with Crippen molar-refractivity contribution in [3.63, 3.8) is 0 Å². The van der Waals surface area contributed by atoms with Crippen LogP contribution in [0.1, 0.15) is 13.3 Å². The number of amides is 1. The van der Waals surface area contributed by atoms with Crippen LogP contribution >= 0.6 is 11.8 Å². The summed E-state index contributed by atoms with van der Waals surface area (Å²) in [6.45, 7) is 1.97. The zero-order chi connectivity index (χ0) is 8.69. The summed E-state index contributed by atoms with van der Waals surface area (Å²) < 4.78 is 4.44. The predicted molar refractivity (Wildman–Crippen MR) is 48.0 cm³/mol. The van der Waals surface area contributed by atoms with Gasteiger partial charge < -0.3 is 10.1 Å². The zero-order valence-electron chi connectivity index (χ0n) is 7.22. The third kappa shape index (κ3) is 6.04. The molecule has 0 bridgehead atoms. The average Bonchev–Trinajstić information content (AvgIpc) is 2.00. The lowest BCUT2D eigenvalue weighted by molar-refractivity contribution is 0.167. The molecule has 0 rings (SSSR count). The fourth-order valence-electron chi connectivity index (χ4n) is 0.627. The second-order valence-electron chi connectivity index (χ2n) is 2.32. The molecule has 1 amide bonds. The van der Waals surface area contributed by atoms with E-state index < -0.39 is 0 Å². The van der Waals surface area contributed by atoms with Crippen LogP contribution in [0.2, 0.25) is 0 Å². The van der Waals surface area contributed by atoms with Gasteiger partial charge in [-0.1, -0.05) is 0 Å². The Kier molecular flexibility index (Phi) is 6.12. The highest BCUT2D eigenvalue weighted by Gasteiger charge is 2.04. The van der Waals surface area contributed by atoms with Crippen LogP contribution in [0.3, 0.4) is 0 Å². The van der Waals surface area contributed by atoms with E-state index >= 15 is 0 Å². The van der Waals surface area contributed by atoms with E-state index in [1.54, 1.807) is 11.8 Å². The standard InChI is InChI=1S/C7H15NO2S/c1-6(4-5-11-3)8-7(9)10-2/h6H,4-5H2,1-3H3,(H,8,9). The van der Waals surface area contributed by atoms with Crippen molar-refractivity contribution >= 4 is 17.9 Å². The molecular formula is C7H15NO2S. The van der Waals surface area contributed by atoms with Crippen LogP contribution in [0, 0.1) is 0 Å². The molecule has 1 atom stereocenters. The molecule has 1 unspecified atom stereocenters. The van der Waals surface area contributed by atoms with Crippen molar-refractivity contribution in [1.29, 1.82) is 0 Å². The number of alkyl carbamates (subject to hydrolysis) is 1. The highest BCUT2D eigenvalue weighted by Crippen LogP contribution is 1.99. The molecule has 66 valence electrons. The van der Waals surface area contributed by atoms with Gasteiger partial charge in [0.2, 0.25) is 0 Å². The minimum atomic E-state index is -0.349. The van der Waals surface area contributed by atoms with Gasteiger partial charge in [0.05, 0.1) is 7.11 Å². The average molecular weight is 177 g/mol. The van der Waals surface area contributed by atoms with Gasteiger partial charge in [0, 0.05) is 6.04 Å². The van der Waals surface area contributed by atoms with Crippen molar-refractivity contribution in [3.05, 3.63) is 0 Å². The Balaban J connectivity index is 3.35. The van der Waals surface area contributed by atoms with Crippen LogP contribution in [0.5, 0.6) is 0 Å². The van der Waals surface area contributed by atoms with Crippen LogP contribution in [0.25, 0.3) is 0 Å². The van der Waals surface area contributed by atoms with Gasteiger partial charge in [-0.2, -0.15) is 11.8 Å². The van der Waals surface area contributed by atoms with E-state index in [1.165, 1.54) is 7.11 Å².